The Morgan fingerprint density at radius 2 is 1.89 bits per heavy atom. The van der Waals surface area contributed by atoms with Gasteiger partial charge in [0.2, 0.25) is 0 Å². The van der Waals surface area contributed by atoms with E-state index in [2.05, 4.69) is 17.1 Å². The van der Waals surface area contributed by atoms with Crippen molar-refractivity contribution in [3.05, 3.63) is 64.9 Å². The van der Waals surface area contributed by atoms with Crippen LogP contribution in [0.5, 0.6) is 0 Å². The molecule has 0 aliphatic carbocycles. The Morgan fingerprint density at radius 3 is 2.61 bits per heavy atom. The molecule has 0 aliphatic heterocycles. The fourth-order valence-electron chi connectivity index (χ4n) is 1.92. The minimum absolute atomic E-state index is 0.532. The number of aliphatic hydroxyl groups excluding tert-OH is 1. The molecule has 0 bridgehead atoms. The third kappa shape index (κ3) is 3.56. The van der Waals surface area contributed by atoms with Crippen LogP contribution in [-0.2, 0) is 6.42 Å². The van der Waals surface area contributed by atoms with Crippen molar-refractivity contribution in [1.29, 1.82) is 0 Å². The summed E-state index contributed by atoms with van der Waals surface area (Å²) in [4.78, 5) is 4.12. The summed E-state index contributed by atoms with van der Waals surface area (Å²) in [7, 11) is 0. The first-order chi connectivity index (χ1) is 8.77. The summed E-state index contributed by atoms with van der Waals surface area (Å²) in [5, 5.41) is 10.6. The predicted molar refractivity (Wildman–Crippen MR) is 73.6 cm³/mol. The van der Waals surface area contributed by atoms with E-state index in [1.165, 1.54) is 5.56 Å². The molecule has 3 heteroatoms. The van der Waals surface area contributed by atoms with Gasteiger partial charge >= 0.3 is 0 Å². The number of hydrogen-bond acceptors (Lipinski definition) is 2. The smallest absolute Gasteiger partial charge is 0.0975 e. The molecule has 1 aromatic carbocycles. The maximum absolute atomic E-state index is 10.0. The van der Waals surface area contributed by atoms with Gasteiger partial charge in [-0.25, -0.2) is 0 Å². The second-order valence-corrected chi connectivity index (χ2v) is 4.67. The van der Waals surface area contributed by atoms with Crippen LogP contribution in [0.3, 0.4) is 0 Å². The Hall–Kier alpha value is -1.38. The van der Waals surface area contributed by atoms with E-state index >= 15 is 0 Å². The monoisotopic (exact) mass is 261 g/mol. The first kappa shape index (κ1) is 13.1. The fourth-order valence-corrected chi connectivity index (χ4v) is 2.17. The summed E-state index contributed by atoms with van der Waals surface area (Å²) in [6, 6.07) is 13.8. The number of benzene rings is 1. The number of nitrogens with zero attached hydrogens (tertiary/aromatic N) is 1. The molecule has 0 amide bonds. The SMILES string of the molecule is OC(CCCc1ccccc1)c1ncccc1Cl. The summed E-state index contributed by atoms with van der Waals surface area (Å²) in [5.74, 6) is 0. The lowest BCUT2D eigenvalue weighted by Crippen LogP contribution is -2.02. The molecule has 2 aromatic rings. The van der Waals surface area contributed by atoms with Gasteiger partial charge in [0.05, 0.1) is 16.8 Å². The molecule has 94 valence electrons. The lowest BCUT2D eigenvalue weighted by Gasteiger charge is -2.11. The lowest BCUT2D eigenvalue weighted by molar-refractivity contribution is 0.160. The number of aromatic nitrogens is 1. The molecule has 1 heterocycles. The molecule has 1 N–H and O–H groups in total. The highest BCUT2D eigenvalue weighted by atomic mass is 35.5. The van der Waals surface area contributed by atoms with Gasteiger partial charge in [0, 0.05) is 6.20 Å². The highest BCUT2D eigenvalue weighted by Gasteiger charge is 2.12. The van der Waals surface area contributed by atoms with Gasteiger partial charge in [-0.1, -0.05) is 41.9 Å². The summed E-state index contributed by atoms with van der Waals surface area (Å²) in [5.41, 5.74) is 1.86. The molecule has 0 fully saturated rings. The van der Waals surface area contributed by atoms with E-state index in [1.54, 1.807) is 18.3 Å². The van der Waals surface area contributed by atoms with Crippen LogP contribution in [0.25, 0.3) is 0 Å². The number of aryl methyl sites for hydroxylation is 1. The Bertz CT molecular complexity index is 487. The van der Waals surface area contributed by atoms with Gasteiger partial charge in [0.25, 0.3) is 0 Å². The Morgan fingerprint density at radius 1 is 1.11 bits per heavy atom. The van der Waals surface area contributed by atoms with Crippen LogP contribution in [-0.4, -0.2) is 10.1 Å². The fraction of sp³-hybridized carbons (Fsp3) is 0.267. The molecular weight excluding hydrogens is 246 g/mol. The minimum Gasteiger partial charge on any atom is -0.387 e. The summed E-state index contributed by atoms with van der Waals surface area (Å²) >= 11 is 5.99. The molecule has 18 heavy (non-hydrogen) atoms. The minimum atomic E-state index is -0.581. The normalized spacial score (nSPS) is 12.3. The molecular formula is C15H16ClNO. The lowest BCUT2D eigenvalue weighted by atomic mass is 10.0. The second kappa shape index (κ2) is 6.53. The molecule has 1 unspecified atom stereocenters. The van der Waals surface area contributed by atoms with E-state index in [-0.39, 0.29) is 0 Å². The Labute approximate surface area is 112 Å². The Balaban J connectivity index is 1.86. The first-order valence-electron chi connectivity index (χ1n) is 6.10. The van der Waals surface area contributed by atoms with Crippen molar-refractivity contribution < 1.29 is 5.11 Å². The quantitative estimate of drug-likeness (QED) is 0.888. The van der Waals surface area contributed by atoms with Crippen LogP contribution in [0.15, 0.2) is 48.7 Å². The van der Waals surface area contributed by atoms with E-state index in [9.17, 15) is 5.11 Å². The number of hydrogen-bond donors (Lipinski definition) is 1. The molecule has 0 saturated carbocycles. The third-order valence-electron chi connectivity index (χ3n) is 2.89. The van der Waals surface area contributed by atoms with Crippen molar-refractivity contribution in [3.8, 4) is 0 Å². The van der Waals surface area contributed by atoms with Crippen LogP contribution in [0, 0.1) is 0 Å². The topological polar surface area (TPSA) is 33.1 Å². The zero-order chi connectivity index (χ0) is 12.8. The average molecular weight is 262 g/mol. The maximum Gasteiger partial charge on any atom is 0.0975 e. The van der Waals surface area contributed by atoms with E-state index < -0.39 is 6.10 Å². The number of halogens is 1. The second-order valence-electron chi connectivity index (χ2n) is 4.26. The first-order valence-corrected chi connectivity index (χ1v) is 6.47. The molecule has 0 aliphatic rings. The van der Waals surface area contributed by atoms with Crippen molar-refractivity contribution >= 4 is 11.6 Å². The van der Waals surface area contributed by atoms with Crippen LogP contribution < -0.4 is 0 Å². The number of aliphatic hydroxyl groups is 1. The number of rotatable bonds is 5. The molecule has 0 spiro atoms. The highest BCUT2D eigenvalue weighted by Crippen LogP contribution is 2.24. The van der Waals surface area contributed by atoms with E-state index in [0.717, 1.165) is 12.8 Å². The molecule has 0 radical (unpaired) electrons. The highest BCUT2D eigenvalue weighted by molar-refractivity contribution is 6.31. The van der Waals surface area contributed by atoms with E-state index in [0.29, 0.717) is 17.1 Å². The summed E-state index contributed by atoms with van der Waals surface area (Å²) in [6.07, 6.45) is 3.62. The molecule has 2 nitrogen and oxygen atoms in total. The summed E-state index contributed by atoms with van der Waals surface area (Å²) < 4.78 is 0. The van der Waals surface area contributed by atoms with Crippen molar-refractivity contribution in [3.63, 3.8) is 0 Å². The van der Waals surface area contributed by atoms with Gasteiger partial charge in [0.1, 0.15) is 0 Å². The zero-order valence-corrected chi connectivity index (χ0v) is 10.8. The molecule has 1 atom stereocenters. The van der Waals surface area contributed by atoms with Crippen molar-refractivity contribution in [2.75, 3.05) is 0 Å². The third-order valence-corrected chi connectivity index (χ3v) is 3.21. The van der Waals surface area contributed by atoms with Gasteiger partial charge in [-0.2, -0.15) is 0 Å². The van der Waals surface area contributed by atoms with Gasteiger partial charge in [0.15, 0.2) is 0 Å². The molecule has 1 aromatic heterocycles. The van der Waals surface area contributed by atoms with Gasteiger partial charge in [-0.3, -0.25) is 4.98 Å². The number of pyridine rings is 1. The largest absolute Gasteiger partial charge is 0.387 e. The molecule has 0 saturated heterocycles. The zero-order valence-electron chi connectivity index (χ0n) is 10.1. The van der Waals surface area contributed by atoms with Gasteiger partial charge < -0.3 is 5.11 Å². The van der Waals surface area contributed by atoms with Crippen molar-refractivity contribution in [2.45, 2.75) is 25.4 Å². The maximum atomic E-state index is 10.0. The Kier molecular flexibility index (Phi) is 4.73. The van der Waals surface area contributed by atoms with Crippen molar-refractivity contribution in [1.82, 2.24) is 4.98 Å². The van der Waals surface area contributed by atoms with Crippen LogP contribution >= 0.6 is 11.6 Å². The van der Waals surface area contributed by atoms with Crippen molar-refractivity contribution in [2.24, 2.45) is 0 Å². The van der Waals surface area contributed by atoms with Crippen LogP contribution in [0.2, 0.25) is 5.02 Å². The summed E-state index contributed by atoms with van der Waals surface area (Å²) in [6.45, 7) is 0. The van der Waals surface area contributed by atoms with Crippen LogP contribution in [0.1, 0.15) is 30.2 Å². The van der Waals surface area contributed by atoms with E-state index in [1.807, 2.05) is 18.2 Å². The standard InChI is InChI=1S/C15H16ClNO/c16-13-9-5-11-17-15(13)14(18)10-4-8-12-6-2-1-3-7-12/h1-3,5-7,9,11,14,18H,4,8,10H2. The van der Waals surface area contributed by atoms with Gasteiger partial charge in [-0.15, -0.1) is 0 Å². The predicted octanol–water partition coefficient (Wildman–Crippen LogP) is 3.79. The van der Waals surface area contributed by atoms with Crippen LogP contribution in [0.4, 0.5) is 0 Å². The van der Waals surface area contributed by atoms with E-state index in [4.69, 9.17) is 11.6 Å². The van der Waals surface area contributed by atoms with Gasteiger partial charge in [-0.05, 0) is 37.0 Å². The average Bonchev–Trinajstić information content (AvgIpc) is 2.40. The molecule has 2 rings (SSSR count).